The third kappa shape index (κ3) is 3.50. The Hall–Kier alpha value is -3.32. The minimum Gasteiger partial charge on any atom is -0.431 e. The number of nitrogens with zero attached hydrogens (tertiary/aromatic N) is 3. The minimum absolute atomic E-state index is 0.180. The summed E-state index contributed by atoms with van der Waals surface area (Å²) in [5.74, 6) is 0.225. The van der Waals surface area contributed by atoms with Crippen molar-refractivity contribution in [2.75, 3.05) is 5.32 Å². The quantitative estimate of drug-likeness (QED) is 0.557. The number of hydrogen-bond acceptors (Lipinski definition) is 6. The van der Waals surface area contributed by atoms with E-state index < -0.39 is 0 Å². The fraction of sp³-hybridized carbons (Fsp3) is 0.100. The summed E-state index contributed by atoms with van der Waals surface area (Å²) in [5, 5.41) is 5.13. The topological polar surface area (TPSA) is 80.9 Å². The molecule has 0 aliphatic rings. The number of carbonyl (C=O) groups excluding carboxylic acids is 1. The van der Waals surface area contributed by atoms with Gasteiger partial charge in [-0.15, -0.1) is 11.3 Å². The number of aromatic nitrogens is 3. The first-order chi connectivity index (χ1) is 13.1. The number of hydrogen-bond donors (Lipinski definition) is 1. The number of anilines is 1. The first kappa shape index (κ1) is 17.1. The van der Waals surface area contributed by atoms with Gasteiger partial charge in [0.1, 0.15) is 5.69 Å². The number of amides is 1. The van der Waals surface area contributed by atoms with E-state index in [0.717, 1.165) is 22.5 Å². The Balaban J connectivity index is 1.55. The van der Waals surface area contributed by atoms with Gasteiger partial charge in [-0.2, -0.15) is 0 Å². The summed E-state index contributed by atoms with van der Waals surface area (Å²) in [4.78, 5) is 25.8. The van der Waals surface area contributed by atoms with Crippen molar-refractivity contribution in [3.63, 3.8) is 0 Å². The maximum Gasteiger partial charge on any atom is 0.295 e. The van der Waals surface area contributed by atoms with Crippen molar-refractivity contribution >= 4 is 22.4 Å². The van der Waals surface area contributed by atoms with E-state index in [1.165, 1.54) is 11.3 Å². The molecule has 1 amide bonds. The second kappa shape index (κ2) is 7.13. The Bertz CT molecular complexity index is 1100. The molecule has 6 nitrogen and oxygen atoms in total. The normalized spacial score (nSPS) is 10.7. The minimum atomic E-state index is -0.374. The fourth-order valence-corrected chi connectivity index (χ4v) is 3.35. The molecule has 4 aromatic rings. The van der Waals surface area contributed by atoms with Gasteiger partial charge < -0.3 is 4.42 Å². The number of rotatable bonds is 4. The molecule has 0 aliphatic carbocycles. The van der Waals surface area contributed by atoms with Gasteiger partial charge in [0, 0.05) is 17.1 Å². The van der Waals surface area contributed by atoms with Gasteiger partial charge in [0.25, 0.3) is 5.91 Å². The largest absolute Gasteiger partial charge is 0.431 e. The predicted octanol–water partition coefficient (Wildman–Crippen LogP) is 4.73. The van der Waals surface area contributed by atoms with Gasteiger partial charge in [0.15, 0.2) is 5.13 Å². The van der Waals surface area contributed by atoms with Crippen LogP contribution in [0.3, 0.4) is 0 Å². The monoisotopic (exact) mass is 376 g/mol. The third-order valence-electron chi connectivity index (χ3n) is 4.00. The summed E-state index contributed by atoms with van der Waals surface area (Å²) in [5.41, 5.74) is 3.91. The number of oxazole rings is 1. The Kier molecular flexibility index (Phi) is 4.52. The molecule has 0 fully saturated rings. The Morgan fingerprint density at radius 1 is 1.07 bits per heavy atom. The molecule has 27 heavy (non-hydrogen) atoms. The van der Waals surface area contributed by atoms with Gasteiger partial charge in [-0.1, -0.05) is 24.3 Å². The number of carbonyl (C=O) groups is 1. The lowest BCUT2D eigenvalue weighted by atomic mass is 10.2. The second-order valence-electron chi connectivity index (χ2n) is 5.96. The molecule has 4 rings (SSSR count). The van der Waals surface area contributed by atoms with E-state index >= 15 is 0 Å². The summed E-state index contributed by atoms with van der Waals surface area (Å²) >= 11 is 1.34. The van der Waals surface area contributed by atoms with Crippen LogP contribution in [0.25, 0.3) is 22.8 Å². The molecule has 134 valence electrons. The van der Waals surface area contributed by atoms with Crippen LogP contribution >= 0.6 is 11.3 Å². The van der Waals surface area contributed by atoms with Crippen LogP contribution in [0.4, 0.5) is 5.13 Å². The third-order valence-corrected chi connectivity index (χ3v) is 4.76. The molecule has 3 aromatic heterocycles. The van der Waals surface area contributed by atoms with E-state index in [-0.39, 0.29) is 11.7 Å². The van der Waals surface area contributed by atoms with Gasteiger partial charge >= 0.3 is 0 Å². The molecular weight excluding hydrogens is 360 g/mol. The standard InChI is InChI=1S/C20H16N4O2S/c1-12-7-6-10-21-16(12)15-11-27-20(23-15)24-18(25)17-13(2)22-19(26-17)14-8-4-3-5-9-14/h3-11H,1-2H3,(H,23,24,25). The van der Waals surface area contributed by atoms with E-state index in [1.807, 2.05) is 54.8 Å². The average molecular weight is 376 g/mol. The van der Waals surface area contributed by atoms with Gasteiger partial charge in [-0.25, -0.2) is 9.97 Å². The Morgan fingerprint density at radius 3 is 2.67 bits per heavy atom. The van der Waals surface area contributed by atoms with Crippen LogP contribution in [0.5, 0.6) is 0 Å². The van der Waals surface area contributed by atoms with Crippen LogP contribution in [0.2, 0.25) is 0 Å². The molecule has 0 unspecified atom stereocenters. The number of pyridine rings is 1. The lowest BCUT2D eigenvalue weighted by Crippen LogP contribution is -2.12. The molecule has 0 atom stereocenters. The lowest BCUT2D eigenvalue weighted by molar-refractivity contribution is 0.0996. The van der Waals surface area contributed by atoms with Crippen molar-refractivity contribution in [2.24, 2.45) is 0 Å². The summed E-state index contributed by atoms with van der Waals surface area (Å²) in [7, 11) is 0. The zero-order valence-corrected chi connectivity index (χ0v) is 15.6. The molecule has 0 spiro atoms. The first-order valence-corrected chi connectivity index (χ1v) is 9.21. The summed E-state index contributed by atoms with van der Waals surface area (Å²) in [6.45, 7) is 3.72. The van der Waals surface area contributed by atoms with Crippen LogP contribution in [-0.2, 0) is 0 Å². The molecular formula is C20H16N4O2S. The number of thiazole rings is 1. The zero-order chi connectivity index (χ0) is 18.8. The molecule has 7 heteroatoms. The maximum absolute atomic E-state index is 12.6. The highest BCUT2D eigenvalue weighted by molar-refractivity contribution is 7.14. The van der Waals surface area contributed by atoms with Gasteiger partial charge in [0.2, 0.25) is 11.7 Å². The molecule has 0 saturated carbocycles. The van der Waals surface area contributed by atoms with Crippen LogP contribution in [0.15, 0.2) is 58.5 Å². The van der Waals surface area contributed by atoms with E-state index in [4.69, 9.17) is 4.42 Å². The predicted molar refractivity (Wildman–Crippen MR) is 105 cm³/mol. The van der Waals surface area contributed by atoms with Crippen LogP contribution in [0, 0.1) is 13.8 Å². The number of nitrogens with one attached hydrogen (secondary N) is 1. The highest BCUT2D eigenvalue weighted by Crippen LogP contribution is 2.27. The van der Waals surface area contributed by atoms with Crippen molar-refractivity contribution in [1.29, 1.82) is 0 Å². The molecule has 1 aromatic carbocycles. The summed E-state index contributed by atoms with van der Waals surface area (Å²) in [6, 6.07) is 13.3. The smallest absolute Gasteiger partial charge is 0.295 e. The molecule has 0 bridgehead atoms. The van der Waals surface area contributed by atoms with E-state index in [1.54, 1.807) is 13.1 Å². The Labute approximate surface area is 160 Å². The average Bonchev–Trinajstić information content (AvgIpc) is 3.29. The number of aryl methyl sites for hydroxylation is 2. The molecule has 0 saturated heterocycles. The van der Waals surface area contributed by atoms with Crippen LogP contribution in [0.1, 0.15) is 21.8 Å². The van der Waals surface area contributed by atoms with Crippen molar-refractivity contribution < 1.29 is 9.21 Å². The molecule has 3 heterocycles. The first-order valence-electron chi connectivity index (χ1n) is 8.33. The lowest BCUT2D eigenvalue weighted by Gasteiger charge is -2.00. The summed E-state index contributed by atoms with van der Waals surface area (Å²) in [6.07, 6.45) is 1.73. The maximum atomic E-state index is 12.6. The van der Waals surface area contributed by atoms with Crippen molar-refractivity contribution in [2.45, 2.75) is 13.8 Å². The zero-order valence-electron chi connectivity index (χ0n) is 14.8. The van der Waals surface area contributed by atoms with Crippen molar-refractivity contribution in [3.05, 3.63) is 71.1 Å². The van der Waals surface area contributed by atoms with Crippen molar-refractivity contribution in [3.8, 4) is 22.8 Å². The highest BCUT2D eigenvalue weighted by Gasteiger charge is 2.20. The molecule has 0 radical (unpaired) electrons. The van der Waals surface area contributed by atoms with Crippen molar-refractivity contribution in [1.82, 2.24) is 15.0 Å². The van der Waals surface area contributed by atoms with E-state index in [0.29, 0.717) is 16.7 Å². The molecule has 1 N–H and O–H groups in total. The van der Waals surface area contributed by atoms with Crippen LogP contribution < -0.4 is 5.32 Å². The van der Waals surface area contributed by atoms with E-state index in [2.05, 4.69) is 20.3 Å². The Morgan fingerprint density at radius 2 is 1.89 bits per heavy atom. The SMILES string of the molecule is Cc1cccnc1-c1csc(NC(=O)c2oc(-c3ccccc3)nc2C)n1. The van der Waals surface area contributed by atoms with Gasteiger partial charge in [-0.3, -0.25) is 15.1 Å². The number of benzene rings is 1. The second-order valence-corrected chi connectivity index (χ2v) is 6.82. The highest BCUT2D eigenvalue weighted by atomic mass is 32.1. The van der Waals surface area contributed by atoms with Gasteiger partial charge in [0.05, 0.1) is 11.4 Å². The van der Waals surface area contributed by atoms with E-state index in [9.17, 15) is 4.79 Å². The fourth-order valence-electron chi connectivity index (χ4n) is 2.66. The molecule has 0 aliphatic heterocycles. The van der Waals surface area contributed by atoms with Gasteiger partial charge in [-0.05, 0) is 37.6 Å². The van der Waals surface area contributed by atoms with Crippen LogP contribution in [-0.4, -0.2) is 20.9 Å². The summed E-state index contributed by atoms with van der Waals surface area (Å²) < 4.78 is 5.69.